The highest BCUT2D eigenvalue weighted by atomic mass is 19.4. The Balaban J connectivity index is 1.90. The van der Waals surface area contributed by atoms with Crippen LogP contribution in [0, 0.1) is 5.92 Å². The van der Waals surface area contributed by atoms with E-state index in [9.17, 15) is 18.0 Å². The molecule has 0 saturated heterocycles. The molecule has 7 heteroatoms. The molecule has 1 saturated carbocycles. The second-order valence-corrected chi connectivity index (χ2v) is 4.32. The van der Waals surface area contributed by atoms with Gasteiger partial charge in [0, 0.05) is 12.5 Å². The predicted molar refractivity (Wildman–Crippen MR) is 57.5 cm³/mol. The molecule has 0 unspecified atom stereocenters. The molecule has 1 amide bonds. The van der Waals surface area contributed by atoms with E-state index in [2.05, 4.69) is 10.2 Å². The summed E-state index contributed by atoms with van der Waals surface area (Å²) in [7, 11) is 0. The van der Waals surface area contributed by atoms with Crippen LogP contribution in [-0.2, 0) is 14.4 Å². The molecule has 1 N–H and O–H groups in total. The molecule has 0 aromatic rings. The lowest BCUT2D eigenvalue weighted by atomic mass is 10.1. The molecule has 0 atom stereocenters. The van der Waals surface area contributed by atoms with Crippen molar-refractivity contribution in [2.75, 3.05) is 19.8 Å². The van der Waals surface area contributed by atoms with Gasteiger partial charge in [-0.2, -0.15) is 13.2 Å². The normalized spacial score (nSPS) is 17.1. The van der Waals surface area contributed by atoms with E-state index >= 15 is 0 Å². The summed E-state index contributed by atoms with van der Waals surface area (Å²) in [5, 5.41) is 0. The molecule has 0 bridgehead atoms. The molecule has 0 aliphatic heterocycles. The largest absolute Gasteiger partial charge is 0.411 e. The number of hydrogen-bond acceptors (Lipinski definition) is 3. The van der Waals surface area contributed by atoms with Crippen molar-refractivity contribution in [2.45, 2.75) is 38.3 Å². The zero-order chi connectivity index (χ0) is 13.4. The third kappa shape index (κ3) is 6.80. The van der Waals surface area contributed by atoms with Crippen LogP contribution in [0.15, 0.2) is 0 Å². The molecular weight excluding hydrogens is 251 g/mol. The Hall–Kier alpha value is -0.820. The summed E-state index contributed by atoms with van der Waals surface area (Å²) >= 11 is 0. The maximum atomic E-state index is 11.7. The predicted octanol–water partition coefficient (Wildman–Crippen LogP) is 2.19. The lowest BCUT2D eigenvalue weighted by Gasteiger charge is -2.10. The van der Waals surface area contributed by atoms with E-state index in [1.165, 1.54) is 0 Å². The summed E-state index contributed by atoms with van der Waals surface area (Å²) < 4.78 is 39.5. The first-order valence-corrected chi connectivity index (χ1v) is 6.05. The van der Waals surface area contributed by atoms with Crippen LogP contribution in [0.2, 0.25) is 0 Å². The minimum Gasteiger partial charge on any atom is -0.372 e. The van der Waals surface area contributed by atoms with E-state index in [0.29, 0.717) is 6.42 Å². The fourth-order valence-corrected chi connectivity index (χ4v) is 1.81. The van der Waals surface area contributed by atoms with Crippen LogP contribution in [-0.4, -0.2) is 31.9 Å². The molecule has 1 aliphatic rings. The highest BCUT2D eigenvalue weighted by Gasteiger charge is 2.27. The van der Waals surface area contributed by atoms with E-state index in [4.69, 9.17) is 4.84 Å². The average molecular weight is 269 g/mol. The van der Waals surface area contributed by atoms with Crippen LogP contribution >= 0.6 is 0 Å². The maximum Gasteiger partial charge on any atom is 0.411 e. The van der Waals surface area contributed by atoms with Gasteiger partial charge < -0.3 is 4.74 Å². The van der Waals surface area contributed by atoms with Crippen molar-refractivity contribution in [3.05, 3.63) is 0 Å². The SMILES string of the molecule is O=C(NOCCCOCC(F)(F)F)C1CCCC1. The van der Waals surface area contributed by atoms with Crippen molar-refractivity contribution in [1.82, 2.24) is 5.48 Å². The molecule has 0 aromatic carbocycles. The number of hydroxylamine groups is 1. The molecule has 0 aromatic heterocycles. The molecule has 4 nitrogen and oxygen atoms in total. The summed E-state index contributed by atoms with van der Waals surface area (Å²) in [6.07, 6.45) is -0.112. The number of ether oxygens (including phenoxy) is 1. The van der Waals surface area contributed by atoms with Gasteiger partial charge in [0.2, 0.25) is 5.91 Å². The smallest absolute Gasteiger partial charge is 0.372 e. The quantitative estimate of drug-likeness (QED) is 0.569. The van der Waals surface area contributed by atoms with Gasteiger partial charge in [-0.1, -0.05) is 12.8 Å². The summed E-state index contributed by atoms with van der Waals surface area (Å²) in [4.78, 5) is 16.3. The van der Waals surface area contributed by atoms with Crippen molar-refractivity contribution < 1.29 is 27.5 Å². The molecule has 0 heterocycles. The van der Waals surface area contributed by atoms with Gasteiger partial charge in [0.05, 0.1) is 6.61 Å². The fourth-order valence-electron chi connectivity index (χ4n) is 1.81. The van der Waals surface area contributed by atoms with Crippen LogP contribution in [0.4, 0.5) is 13.2 Å². The molecule has 1 rings (SSSR count). The van der Waals surface area contributed by atoms with Gasteiger partial charge in [0.25, 0.3) is 0 Å². The summed E-state index contributed by atoms with van der Waals surface area (Å²) in [6, 6.07) is 0. The van der Waals surface area contributed by atoms with E-state index < -0.39 is 12.8 Å². The van der Waals surface area contributed by atoms with E-state index in [1.54, 1.807) is 0 Å². The molecule has 1 fully saturated rings. The number of nitrogens with one attached hydrogen (secondary N) is 1. The minimum atomic E-state index is -4.29. The van der Waals surface area contributed by atoms with E-state index in [0.717, 1.165) is 25.7 Å². The number of carbonyl (C=O) groups is 1. The second kappa shape index (κ2) is 7.58. The van der Waals surface area contributed by atoms with E-state index in [-0.39, 0.29) is 25.0 Å². The van der Waals surface area contributed by atoms with Crippen LogP contribution in [0.1, 0.15) is 32.1 Å². The molecular formula is C11H18F3NO3. The van der Waals surface area contributed by atoms with Gasteiger partial charge in [-0.15, -0.1) is 0 Å². The zero-order valence-electron chi connectivity index (χ0n) is 10.1. The first kappa shape index (κ1) is 15.2. The monoisotopic (exact) mass is 269 g/mol. The van der Waals surface area contributed by atoms with Gasteiger partial charge in [-0.05, 0) is 19.3 Å². The molecule has 106 valence electrons. The van der Waals surface area contributed by atoms with Crippen LogP contribution in [0.3, 0.4) is 0 Å². The molecule has 1 aliphatic carbocycles. The Morgan fingerprint density at radius 3 is 2.50 bits per heavy atom. The van der Waals surface area contributed by atoms with Crippen molar-refractivity contribution >= 4 is 5.91 Å². The Labute approximate surface area is 104 Å². The molecule has 18 heavy (non-hydrogen) atoms. The lowest BCUT2D eigenvalue weighted by Crippen LogP contribution is -2.30. The number of amides is 1. The first-order chi connectivity index (χ1) is 8.49. The van der Waals surface area contributed by atoms with Crippen molar-refractivity contribution in [3.8, 4) is 0 Å². The third-order valence-corrected chi connectivity index (χ3v) is 2.70. The van der Waals surface area contributed by atoms with Crippen LogP contribution in [0.25, 0.3) is 0 Å². The average Bonchev–Trinajstić information content (AvgIpc) is 2.79. The van der Waals surface area contributed by atoms with Gasteiger partial charge in [-0.3, -0.25) is 9.63 Å². The Morgan fingerprint density at radius 1 is 1.22 bits per heavy atom. The Morgan fingerprint density at radius 2 is 1.89 bits per heavy atom. The van der Waals surface area contributed by atoms with Crippen LogP contribution in [0.5, 0.6) is 0 Å². The van der Waals surface area contributed by atoms with Crippen molar-refractivity contribution in [2.24, 2.45) is 5.92 Å². The summed E-state index contributed by atoms with van der Waals surface area (Å²) in [6.45, 7) is -1.14. The summed E-state index contributed by atoms with van der Waals surface area (Å²) in [5.41, 5.74) is 2.32. The first-order valence-electron chi connectivity index (χ1n) is 6.05. The maximum absolute atomic E-state index is 11.7. The lowest BCUT2D eigenvalue weighted by molar-refractivity contribution is -0.175. The number of alkyl halides is 3. The van der Waals surface area contributed by atoms with Crippen LogP contribution < -0.4 is 5.48 Å². The van der Waals surface area contributed by atoms with Gasteiger partial charge in [-0.25, -0.2) is 5.48 Å². The number of hydrogen-bond donors (Lipinski definition) is 1. The van der Waals surface area contributed by atoms with Gasteiger partial charge in [0.1, 0.15) is 6.61 Å². The second-order valence-electron chi connectivity index (χ2n) is 4.32. The third-order valence-electron chi connectivity index (χ3n) is 2.70. The molecule has 0 spiro atoms. The number of rotatable bonds is 7. The van der Waals surface area contributed by atoms with E-state index in [1.807, 2.05) is 0 Å². The topological polar surface area (TPSA) is 47.6 Å². The Bertz CT molecular complexity index is 252. The van der Waals surface area contributed by atoms with Gasteiger partial charge in [0.15, 0.2) is 0 Å². The van der Waals surface area contributed by atoms with Gasteiger partial charge >= 0.3 is 6.18 Å². The summed E-state index contributed by atoms with van der Waals surface area (Å²) in [5.74, 6) is -0.116. The number of carbonyl (C=O) groups excluding carboxylic acids is 1. The minimum absolute atomic E-state index is 0.0199. The van der Waals surface area contributed by atoms with Crippen molar-refractivity contribution in [1.29, 1.82) is 0 Å². The molecule has 0 radical (unpaired) electrons. The zero-order valence-corrected chi connectivity index (χ0v) is 10.1. The highest BCUT2D eigenvalue weighted by molar-refractivity contribution is 5.77. The fraction of sp³-hybridized carbons (Fsp3) is 0.909. The van der Waals surface area contributed by atoms with Crippen molar-refractivity contribution in [3.63, 3.8) is 0 Å². The number of halogens is 3. The standard InChI is InChI=1S/C11H18F3NO3/c12-11(13,14)8-17-6-3-7-18-15-10(16)9-4-1-2-5-9/h9H,1-8H2,(H,15,16). The Kier molecular flexibility index (Phi) is 6.42. The highest BCUT2D eigenvalue weighted by Crippen LogP contribution is 2.24.